The Labute approximate surface area is 369 Å². The molecule has 4 aromatic rings. The Kier molecular flexibility index (Phi) is 13.8. The fourth-order valence-corrected chi connectivity index (χ4v) is 9.04. The van der Waals surface area contributed by atoms with E-state index in [2.05, 4.69) is 54.6 Å². The quantitative estimate of drug-likeness (QED) is 0.150. The topological polar surface area (TPSA) is 182 Å². The van der Waals surface area contributed by atoms with E-state index in [4.69, 9.17) is 15.2 Å². The van der Waals surface area contributed by atoms with Crippen LogP contribution >= 0.6 is 0 Å². The van der Waals surface area contributed by atoms with Crippen LogP contribution in [0, 0.1) is 11.8 Å². The maximum absolute atomic E-state index is 13.4. The van der Waals surface area contributed by atoms with E-state index < -0.39 is 0 Å². The number of rotatable bonds is 12. The number of phenols is 1. The number of carbonyl (C=O) groups excluding carboxylic acids is 3. The molecule has 8 rings (SSSR count). The predicted molar refractivity (Wildman–Crippen MR) is 244 cm³/mol. The number of nitrogens with zero attached hydrogens (tertiary/aromatic N) is 7. The van der Waals surface area contributed by atoms with Crippen LogP contribution in [-0.4, -0.2) is 141 Å². The van der Waals surface area contributed by atoms with Crippen LogP contribution < -0.4 is 35.8 Å². The van der Waals surface area contributed by atoms with Gasteiger partial charge in [-0.05, 0) is 60.9 Å². The molecule has 0 radical (unpaired) electrons. The zero-order valence-electron chi connectivity index (χ0n) is 36.3. The number of phenolic OH excluding ortho intramolecular Hbond substituents is 1. The maximum atomic E-state index is 13.4. The highest BCUT2D eigenvalue weighted by atomic mass is 16.5. The Morgan fingerprint density at radius 3 is 2.51 bits per heavy atom. The molecule has 4 aliphatic rings. The number of hydrogen-bond acceptors (Lipinski definition) is 14. The van der Waals surface area contributed by atoms with Crippen LogP contribution in [0.25, 0.3) is 11.3 Å². The van der Waals surface area contributed by atoms with Gasteiger partial charge in [0.25, 0.3) is 0 Å². The molecule has 3 amide bonds. The van der Waals surface area contributed by atoms with E-state index >= 15 is 0 Å². The summed E-state index contributed by atoms with van der Waals surface area (Å²) in [6, 6.07) is 24.9. The number of amides is 3. The second-order valence-electron chi connectivity index (χ2n) is 17.4. The number of nitrogens with two attached hydrogens (primary N) is 1. The highest BCUT2D eigenvalue weighted by Gasteiger charge is 2.31. The number of anilines is 5. The van der Waals surface area contributed by atoms with Crippen molar-refractivity contribution < 1.29 is 29.0 Å². The van der Waals surface area contributed by atoms with Crippen molar-refractivity contribution in [2.75, 3.05) is 111 Å². The first-order valence-electron chi connectivity index (χ1n) is 22.2. The molecule has 4 saturated heterocycles. The summed E-state index contributed by atoms with van der Waals surface area (Å²) in [4.78, 5) is 48.3. The van der Waals surface area contributed by atoms with E-state index in [9.17, 15) is 19.5 Å². The molecular formula is C47H60N10O6. The third-order valence-corrected chi connectivity index (χ3v) is 12.6. The molecule has 4 fully saturated rings. The van der Waals surface area contributed by atoms with Gasteiger partial charge in [0.05, 0.1) is 31.1 Å². The van der Waals surface area contributed by atoms with Crippen molar-refractivity contribution in [3.8, 4) is 22.8 Å². The van der Waals surface area contributed by atoms with Crippen molar-refractivity contribution in [3.63, 3.8) is 0 Å². The van der Waals surface area contributed by atoms with Gasteiger partial charge in [-0.2, -0.15) is 0 Å². The molecule has 0 bridgehead atoms. The standard InChI is InChI=1S/C47H60N10O6/c1-32-27-57(42-25-40(51-52-46(42)48)39-11-3-4-12-43(39)58)28-33(31-62-30-32)26-49-34-7-5-10-38(23-34)63-37-15-17-56(18-16-37)45(60)29-54-19-21-55(22-20-54)36-9-6-8-35(24-36)53(2)41-13-14-44(59)50-47(41)61/h3-12,23-25,32-33,37,41,49,58H,13-22,26-31H2,1-2H3,(H2,48,52)(H,50,59,61)/t32-,33-,41-/m1/s1. The van der Waals surface area contributed by atoms with Gasteiger partial charge in [0.1, 0.15) is 23.6 Å². The van der Waals surface area contributed by atoms with Crippen LogP contribution in [0.2, 0.25) is 0 Å². The molecule has 4 aliphatic heterocycles. The van der Waals surface area contributed by atoms with Gasteiger partial charge in [0.15, 0.2) is 5.82 Å². The van der Waals surface area contributed by atoms with E-state index in [1.165, 1.54) is 0 Å². The summed E-state index contributed by atoms with van der Waals surface area (Å²) in [5.74, 6) is 1.41. The summed E-state index contributed by atoms with van der Waals surface area (Å²) in [5.41, 5.74) is 11.4. The second-order valence-corrected chi connectivity index (χ2v) is 17.4. The lowest BCUT2D eigenvalue weighted by Crippen LogP contribution is -2.52. The van der Waals surface area contributed by atoms with Crippen LogP contribution in [0.1, 0.15) is 32.6 Å². The number of likely N-dealkylation sites (N-methyl/N-ethyl adjacent to an activating group) is 1. The van der Waals surface area contributed by atoms with Crippen molar-refractivity contribution >= 4 is 46.3 Å². The summed E-state index contributed by atoms with van der Waals surface area (Å²) in [6.45, 7) is 10.4. The van der Waals surface area contributed by atoms with Crippen molar-refractivity contribution in [2.24, 2.45) is 11.8 Å². The van der Waals surface area contributed by atoms with Gasteiger partial charge in [0.2, 0.25) is 17.7 Å². The van der Waals surface area contributed by atoms with Gasteiger partial charge in [-0.15, -0.1) is 10.2 Å². The molecule has 16 nitrogen and oxygen atoms in total. The van der Waals surface area contributed by atoms with E-state index in [-0.39, 0.29) is 47.5 Å². The van der Waals surface area contributed by atoms with E-state index in [1.54, 1.807) is 12.1 Å². The normalized spacial score (nSPS) is 21.6. The lowest BCUT2D eigenvalue weighted by Gasteiger charge is -2.38. The predicted octanol–water partition coefficient (Wildman–Crippen LogP) is 4.07. The molecule has 3 aromatic carbocycles. The molecule has 0 unspecified atom stereocenters. The van der Waals surface area contributed by atoms with Crippen LogP contribution in [0.3, 0.4) is 0 Å². The number of benzene rings is 3. The number of para-hydroxylation sites is 1. The lowest BCUT2D eigenvalue weighted by molar-refractivity contribution is -0.135. The average molecular weight is 861 g/mol. The molecule has 0 saturated carbocycles. The van der Waals surface area contributed by atoms with Crippen LogP contribution in [0.5, 0.6) is 11.5 Å². The Morgan fingerprint density at radius 2 is 1.71 bits per heavy atom. The third kappa shape index (κ3) is 10.9. The van der Waals surface area contributed by atoms with Crippen molar-refractivity contribution in [1.82, 2.24) is 25.3 Å². The molecule has 334 valence electrons. The SMILES string of the molecule is C[C@H]1COC[C@H](CNc2cccc(OC3CCN(C(=O)CN4CCN(c5cccc(N(C)[C@@H]6CCC(=O)NC6=O)c5)CC4)CC3)c2)CN(c2cc(-c3ccccc3O)nnc2N)C1. The van der Waals surface area contributed by atoms with Crippen LogP contribution in [0.4, 0.5) is 28.6 Å². The largest absolute Gasteiger partial charge is 0.507 e. The Hall–Kier alpha value is -6.13. The summed E-state index contributed by atoms with van der Waals surface area (Å²) in [7, 11) is 1.90. The molecular weight excluding hydrogens is 801 g/mol. The van der Waals surface area contributed by atoms with E-state index in [0.29, 0.717) is 75.9 Å². The summed E-state index contributed by atoms with van der Waals surface area (Å²) in [6.07, 6.45) is 2.41. The summed E-state index contributed by atoms with van der Waals surface area (Å²) >= 11 is 0. The number of aromatic hydroxyl groups is 1. The van der Waals surface area contributed by atoms with Gasteiger partial charge >= 0.3 is 0 Å². The molecule has 1 aromatic heterocycles. The Bertz CT molecular complexity index is 2230. The molecule has 5 N–H and O–H groups in total. The van der Waals surface area contributed by atoms with Crippen LogP contribution in [-0.2, 0) is 19.1 Å². The molecule has 63 heavy (non-hydrogen) atoms. The number of imide groups is 1. The molecule has 16 heteroatoms. The van der Waals surface area contributed by atoms with Crippen LogP contribution in [0.15, 0.2) is 78.9 Å². The first-order chi connectivity index (χ1) is 30.6. The Balaban J connectivity index is 0.784. The summed E-state index contributed by atoms with van der Waals surface area (Å²) < 4.78 is 12.6. The highest BCUT2D eigenvalue weighted by molar-refractivity contribution is 6.01. The number of carbonyl (C=O) groups is 3. The second kappa shape index (κ2) is 19.9. The number of hydrogen-bond donors (Lipinski definition) is 4. The highest BCUT2D eigenvalue weighted by Crippen LogP contribution is 2.33. The van der Waals surface area contributed by atoms with E-state index in [0.717, 1.165) is 74.1 Å². The third-order valence-electron chi connectivity index (χ3n) is 12.6. The zero-order valence-corrected chi connectivity index (χ0v) is 36.3. The number of piperazine rings is 1. The van der Waals surface area contributed by atoms with Gasteiger partial charge in [-0.3, -0.25) is 24.6 Å². The van der Waals surface area contributed by atoms with Gasteiger partial charge in [-0.25, -0.2) is 0 Å². The molecule has 3 atom stereocenters. The minimum atomic E-state index is -0.375. The van der Waals surface area contributed by atoms with Gasteiger partial charge in [-0.1, -0.05) is 31.2 Å². The number of nitrogens with one attached hydrogen (secondary N) is 2. The molecule has 0 aliphatic carbocycles. The fourth-order valence-electron chi connectivity index (χ4n) is 9.04. The van der Waals surface area contributed by atoms with Gasteiger partial charge < -0.3 is 45.2 Å². The van der Waals surface area contributed by atoms with E-state index in [1.807, 2.05) is 71.4 Å². The Morgan fingerprint density at radius 1 is 0.921 bits per heavy atom. The molecule has 0 spiro atoms. The van der Waals surface area contributed by atoms with Crippen molar-refractivity contribution in [1.29, 1.82) is 0 Å². The average Bonchev–Trinajstić information content (AvgIpc) is 3.28. The number of ether oxygens (including phenoxy) is 2. The first-order valence-corrected chi connectivity index (χ1v) is 22.2. The minimum Gasteiger partial charge on any atom is -0.507 e. The van der Waals surface area contributed by atoms with Crippen molar-refractivity contribution in [3.05, 3.63) is 78.9 Å². The summed E-state index contributed by atoms with van der Waals surface area (Å²) in [5, 5.41) is 25.1. The number of aromatic nitrogens is 2. The molecule has 5 heterocycles. The van der Waals surface area contributed by atoms with Gasteiger partial charge in [0, 0.05) is 120 Å². The number of likely N-dealkylation sites (tertiary alicyclic amines) is 1. The lowest BCUT2D eigenvalue weighted by atomic mass is 10.0. The van der Waals surface area contributed by atoms with Crippen molar-refractivity contribution in [2.45, 2.75) is 44.8 Å². The first kappa shape index (κ1) is 43.5. The minimum absolute atomic E-state index is 0.0225. The zero-order chi connectivity index (χ0) is 43.9. The number of piperidine rings is 2. The fraction of sp³-hybridized carbons (Fsp3) is 0.468. The number of nitrogen functional groups attached to an aromatic ring is 1. The maximum Gasteiger partial charge on any atom is 0.249 e. The smallest absolute Gasteiger partial charge is 0.249 e. The monoisotopic (exact) mass is 860 g/mol.